The van der Waals surface area contributed by atoms with Crippen molar-refractivity contribution >= 4 is 29.3 Å². The summed E-state index contributed by atoms with van der Waals surface area (Å²) in [7, 11) is 1.84. The second-order valence-electron chi connectivity index (χ2n) is 5.24. The summed E-state index contributed by atoms with van der Waals surface area (Å²) >= 11 is 7.70. The Morgan fingerprint density at radius 1 is 1.50 bits per heavy atom. The summed E-state index contributed by atoms with van der Waals surface area (Å²) in [4.78, 5) is 15.6. The van der Waals surface area contributed by atoms with Crippen molar-refractivity contribution in [3.63, 3.8) is 0 Å². The van der Waals surface area contributed by atoms with Gasteiger partial charge in [-0.1, -0.05) is 18.2 Å². The Morgan fingerprint density at radius 2 is 2.17 bits per heavy atom. The third kappa shape index (κ3) is 2.39. The van der Waals surface area contributed by atoms with E-state index in [4.69, 9.17) is 11.6 Å². The van der Waals surface area contributed by atoms with Gasteiger partial charge in [0.25, 0.3) is 0 Å². The first kappa shape index (κ1) is 13.8. The fourth-order valence-electron chi connectivity index (χ4n) is 1.99. The molecule has 0 radical (unpaired) electrons. The van der Waals surface area contributed by atoms with E-state index in [0.29, 0.717) is 5.88 Å². The minimum absolute atomic E-state index is 0.0290. The van der Waals surface area contributed by atoms with Crippen LogP contribution < -0.4 is 0 Å². The normalized spacial score (nSPS) is 18.6. The minimum atomic E-state index is -0.305. The van der Waals surface area contributed by atoms with Crippen LogP contribution in [0.4, 0.5) is 0 Å². The van der Waals surface area contributed by atoms with E-state index in [-0.39, 0.29) is 17.4 Å². The van der Waals surface area contributed by atoms with Gasteiger partial charge in [-0.2, -0.15) is 0 Å². The van der Waals surface area contributed by atoms with Crippen molar-refractivity contribution in [2.24, 2.45) is 0 Å². The monoisotopic (exact) mass is 283 g/mol. The molecule has 0 saturated carbocycles. The molecule has 0 N–H and O–H groups in total. The van der Waals surface area contributed by atoms with Gasteiger partial charge in [0.1, 0.15) is 0 Å². The van der Waals surface area contributed by atoms with Gasteiger partial charge in [0.05, 0.1) is 11.5 Å². The Labute approximate surface area is 118 Å². The molecule has 0 bridgehead atoms. The number of nitrogens with zero attached hydrogens (tertiary/aromatic N) is 1. The van der Waals surface area contributed by atoms with E-state index in [2.05, 4.69) is 12.1 Å². The van der Waals surface area contributed by atoms with Crippen LogP contribution >= 0.6 is 23.4 Å². The van der Waals surface area contributed by atoms with Crippen LogP contribution in [0.3, 0.4) is 0 Å². The zero-order chi connectivity index (χ0) is 13.3. The number of halogens is 1. The molecule has 1 unspecified atom stereocenters. The molecule has 0 aliphatic carbocycles. The lowest BCUT2D eigenvalue weighted by Gasteiger charge is -2.35. The zero-order valence-electron chi connectivity index (χ0n) is 10.9. The maximum absolute atomic E-state index is 12.6. The molecule has 1 aromatic rings. The van der Waals surface area contributed by atoms with Gasteiger partial charge in [-0.3, -0.25) is 4.79 Å². The van der Waals surface area contributed by atoms with Crippen molar-refractivity contribution < 1.29 is 4.79 Å². The van der Waals surface area contributed by atoms with Gasteiger partial charge in [0.15, 0.2) is 0 Å². The molecule has 2 rings (SSSR count). The Hall–Kier alpha value is -0.670. The molecule has 1 aromatic carbocycles. The molecule has 0 saturated heterocycles. The molecule has 98 valence electrons. The molecule has 1 aliphatic rings. The van der Waals surface area contributed by atoms with Gasteiger partial charge in [-0.15, -0.1) is 23.4 Å². The van der Waals surface area contributed by atoms with E-state index in [9.17, 15) is 4.79 Å². The molecular formula is C14H18ClNOS. The highest BCUT2D eigenvalue weighted by Gasteiger charge is 2.35. The Morgan fingerprint density at radius 3 is 2.83 bits per heavy atom. The van der Waals surface area contributed by atoms with Crippen LogP contribution in [0.1, 0.15) is 25.3 Å². The molecule has 1 amide bonds. The number of likely N-dealkylation sites (N-methyl/N-ethyl adjacent to an activating group) is 1. The maximum Gasteiger partial charge on any atom is 0.231 e. The van der Waals surface area contributed by atoms with E-state index in [1.807, 2.05) is 33.0 Å². The fourth-order valence-corrected chi connectivity index (χ4v) is 3.39. The summed E-state index contributed by atoms with van der Waals surface area (Å²) in [6.45, 7) is 3.98. The smallest absolute Gasteiger partial charge is 0.231 e. The average Bonchev–Trinajstić information content (AvgIpc) is 2.80. The summed E-state index contributed by atoms with van der Waals surface area (Å²) in [5, 5.41) is 0. The first-order valence-electron chi connectivity index (χ1n) is 6.03. The lowest BCUT2D eigenvalue weighted by Crippen LogP contribution is -2.48. The van der Waals surface area contributed by atoms with Crippen molar-refractivity contribution in [1.29, 1.82) is 0 Å². The van der Waals surface area contributed by atoms with E-state index >= 15 is 0 Å². The molecule has 0 fully saturated rings. The van der Waals surface area contributed by atoms with Crippen molar-refractivity contribution in [2.75, 3.05) is 18.7 Å². The molecular weight excluding hydrogens is 266 g/mol. The number of hydrogen-bond acceptors (Lipinski definition) is 2. The van der Waals surface area contributed by atoms with Gasteiger partial charge in [-0.25, -0.2) is 0 Å². The number of alkyl halides is 1. The van der Waals surface area contributed by atoms with Gasteiger partial charge >= 0.3 is 0 Å². The molecule has 2 nitrogen and oxygen atoms in total. The SMILES string of the molecule is CN(C(=O)C1CSc2ccccc21)C(C)(C)CCl. The molecule has 1 aliphatic heterocycles. The van der Waals surface area contributed by atoms with Crippen LogP contribution in [-0.2, 0) is 4.79 Å². The Kier molecular flexibility index (Phi) is 3.93. The van der Waals surface area contributed by atoms with Crippen molar-refractivity contribution in [3.05, 3.63) is 29.8 Å². The number of hydrogen-bond donors (Lipinski definition) is 0. The first-order chi connectivity index (χ1) is 8.47. The van der Waals surface area contributed by atoms with Gasteiger partial charge < -0.3 is 4.90 Å². The number of carbonyl (C=O) groups excluding carboxylic acids is 1. The van der Waals surface area contributed by atoms with E-state index in [0.717, 1.165) is 11.3 Å². The number of rotatable bonds is 3. The lowest BCUT2D eigenvalue weighted by molar-refractivity contribution is -0.135. The predicted molar refractivity (Wildman–Crippen MR) is 77.5 cm³/mol. The second-order valence-corrected chi connectivity index (χ2v) is 6.57. The summed E-state index contributed by atoms with van der Waals surface area (Å²) in [5.74, 6) is 1.41. The zero-order valence-corrected chi connectivity index (χ0v) is 12.5. The van der Waals surface area contributed by atoms with Crippen molar-refractivity contribution in [1.82, 2.24) is 4.90 Å². The standard InChI is InChI=1S/C14H18ClNOS/c1-14(2,9-15)16(3)13(17)11-8-18-12-7-5-4-6-10(11)12/h4-7,11H,8-9H2,1-3H3. The summed E-state index contributed by atoms with van der Waals surface area (Å²) in [6, 6.07) is 8.15. The third-order valence-corrected chi connectivity index (χ3v) is 5.40. The number of benzene rings is 1. The topological polar surface area (TPSA) is 20.3 Å². The molecule has 4 heteroatoms. The van der Waals surface area contributed by atoms with Gasteiger partial charge in [0, 0.05) is 23.6 Å². The predicted octanol–water partition coefficient (Wildman–Crippen LogP) is 3.35. The largest absolute Gasteiger partial charge is 0.339 e. The van der Waals surface area contributed by atoms with E-state index < -0.39 is 0 Å². The van der Waals surface area contributed by atoms with Crippen LogP contribution in [0.2, 0.25) is 0 Å². The number of fused-ring (bicyclic) bond motifs is 1. The molecule has 1 heterocycles. The van der Waals surface area contributed by atoms with Crippen LogP contribution in [0.5, 0.6) is 0 Å². The fraction of sp³-hybridized carbons (Fsp3) is 0.500. The number of thioether (sulfide) groups is 1. The van der Waals surface area contributed by atoms with E-state index in [1.54, 1.807) is 16.7 Å². The number of carbonyl (C=O) groups is 1. The summed E-state index contributed by atoms with van der Waals surface area (Å²) < 4.78 is 0. The maximum atomic E-state index is 12.6. The summed E-state index contributed by atoms with van der Waals surface area (Å²) in [5.41, 5.74) is 0.852. The highest BCUT2D eigenvalue weighted by molar-refractivity contribution is 7.99. The Bertz CT molecular complexity index is 461. The first-order valence-corrected chi connectivity index (χ1v) is 7.55. The van der Waals surface area contributed by atoms with E-state index in [1.165, 1.54) is 4.90 Å². The van der Waals surface area contributed by atoms with Gasteiger partial charge in [0.2, 0.25) is 5.91 Å². The van der Waals surface area contributed by atoms with Crippen LogP contribution in [0.15, 0.2) is 29.2 Å². The van der Waals surface area contributed by atoms with Crippen LogP contribution in [0.25, 0.3) is 0 Å². The Balaban J connectivity index is 2.22. The van der Waals surface area contributed by atoms with Crippen molar-refractivity contribution in [2.45, 2.75) is 30.2 Å². The molecule has 1 atom stereocenters. The lowest BCUT2D eigenvalue weighted by atomic mass is 9.97. The third-order valence-electron chi connectivity index (χ3n) is 3.56. The molecule has 18 heavy (non-hydrogen) atoms. The highest BCUT2D eigenvalue weighted by atomic mass is 35.5. The van der Waals surface area contributed by atoms with Gasteiger partial charge in [-0.05, 0) is 25.5 Å². The summed E-state index contributed by atoms with van der Waals surface area (Å²) in [6.07, 6.45) is 0. The van der Waals surface area contributed by atoms with Crippen molar-refractivity contribution in [3.8, 4) is 0 Å². The second kappa shape index (κ2) is 5.14. The minimum Gasteiger partial charge on any atom is -0.339 e. The highest BCUT2D eigenvalue weighted by Crippen LogP contribution is 2.40. The molecule has 0 aromatic heterocycles. The average molecular weight is 284 g/mol. The van der Waals surface area contributed by atoms with Crippen LogP contribution in [-0.4, -0.2) is 35.0 Å². The van der Waals surface area contributed by atoms with Crippen LogP contribution in [0, 0.1) is 0 Å². The quantitative estimate of drug-likeness (QED) is 0.793. The molecule has 0 spiro atoms. The number of amides is 1.